The first-order chi connectivity index (χ1) is 23.8. The zero-order valence-electron chi connectivity index (χ0n) is 25.7. The molecule has 2 aromatic heterocycles. The van der Waals surface area contributed by atoms with Crippen LogP contribution in [0.3, 0.4) is 0 Å². The van der Waals surface area contributed by atoms with Crippen molar-refractivity contribution >= 4 is 32.7 Å². The molecule has 0 amide bonds. The molecule has 10 rings (SSSR count). The van der Waals surface area contributed by atoms with Gasteiger partial charge in [0, 0.05) is 44.5 Å². The normalized spacial score (nSPS) is 16.3. The number of ether oxygens (including phenoxy) is 1. The first kappa shape index (κ1) is 26.8. The summed E-state index contributed by atoms with van der Waals surface area (Å²) in [6.07, 6.45) is 8.55. The second kappa shape index (κ2) is 10.6. The van der Waals surface area contributed by atoms with Crippen LogP contribution in [0, 0.1) is 0 Å². The van der Waals surface area contributed by atoms with Crippen molar-refractivity contribution in [3.05, 3.63) is 157 Å². The van der Waals surface area contributed by atoms with Gasteiger partial charge in [-0.1, -0.05) is 121 Å². The summed E-state index contributed by atoms with van der Waals surface area (Å²) >= 11 is 0. The first-order valence-corrected chi connectivity index (χ1v) is 16.2. The van der Waals surface area contributed by atoms with E-state index in [0.29, 0.717) is 17.5 Å². The third kappa shape index (κ3) is 4.28. The summed E-state index contributed by atoms with van der Waals surface area (Å²) in [5.74, 6) is 3.01. The van der Waals surface area contributed by atoms with Crippen LogP contribution in [0.1, 0.15) is 11.5 Å². The largest absolute Gasteiger partial charge is 0.484 e. The maximum atomic E-state index is 6.52. The third-order valence-corrected chi connectivity index (χ3v) is 9.46. The van der Waals surface area contributed by atoms with E-state index in [1.54, 1.807) is 0 Å². The number of furan rings is 1. The lowest BCUT2D eigenvalue weighted by Crippen LogP contribution is -2.15. The monoisotopic (exact) mass is 617 g/mol. The number of aromatic nitrogens is 3. The summed E-state index contributed by atoms with van der Waals surface area (Å²) in [5.41, 5.74) is 7.70. The Kier molecular flexibility index (Phi) is 5.93. The third-order valence-electron chi connectivity index (χ3n) is 9.46. The van der Waals surface area contributed by atoms with Crippen LogP contribution in [0.25, 0.3) is 78.0 Å². The highest BCUT2D eigenvalue weighted by Crippen LogP contribution is 2.47. The van der Waals surface area contributed by atoms with Crippen molar-refractivity contribution in [1.29, 1.82) is 0 Å². The molecule has 1 aliphatic carbocycles. The van der Waals surface area contributed by atoms with Crippen molar-refractivity contribution < 1.29 is 9.15 Å². The van der Waals surface area contributed by atoms with Gasteiger partial charge >= 0.3 is 0 Å². The van der Waals surface area contributed by atoms with E-state index >= 15 is 0 Å². The van der Waals surface area contributed by atoms with E-state index in [1.807, 2.05) is 42.5 Å². The molecule has 0 bridgehead atoms. The average molecular weight is 618 g/mol. The zero-order chi connectivity index (χ0) is 31.6. The summed E-state index contributed by atoms with van der Waals surface area (Å²) in [6, 6.07) is 43.7. The molecule has 3 heterocycles. The van der Waals surface area contributed by atoms with Crippen LogP contribution >= 0.6 is 0 Å². The van der Waals surface area contributed by atoms with E-state index in [4.69, 9.17) is 24.1 Å². The number of hydrogen-bond acceptors (Lipinski definition) is 5. The minimum absolute atomic E-state index is 0.0238. The molecule has 5 heteroatoms. The van der Waals surface area contributed by atoms with Gasteiger partial charge in [-0.05, 0) is 46.7 Å². The van der Waals surface area contributed by atoms with Crippen LogP contribution in [-0.2, 0) is 0 Å². The molecule has 0 spiro atoms. The first-order valence-electron chi connectivity index (χ1n) is 16.2. The van der Waals surface area contributed by atoms with Gasteiger partial charge in [-0.2, -0.15) is 0 Å². The Hall–Kier alpha value is -6.33. The van der Waals surface area contributed by atoms with Gasteiger partial charge in [-0.15, -0.1) is 0 Å². The Bertz CT molecular complexity index is 2620. The van der Waals surface area contributed by atoms with Gasteiger partial charge in [0.15, 0.2) is 17.5 Å². The highest BCUT2D eigenvalue weighted by Gasteiger charge is 2.33. The fourth-order valence-corrected chi connectivity index (χ4v) is 7.14. The molecule has 226 valence electrons. The van der Waals surface area contributed by atoms with Gasteiger partial charge in [0.1, 0.15) is 23.0 Å². The van der Waals surface area contributed by atoms with Crippen molar-refractivity contribution in [2.45, 2.75) is 12.0 Å². The molecule has 0 N–H and O–H groups in total. The Labute approximate surface area is 276 Å². The number of benzene rings is 6. The molecule has 2 atom stereocenters. The lowest BCUT2D eigenvalue weighted by atomic mass is 9.90. The van der Waals surface area contributed by atoms with E-state index in [0.717, 1.165) is 60.9 Å². The SMILES string of the molecule is C1=CC2Oc3c(-c4ccc5oc6cccc(-c7nc(-c8ccccc8)nc(-c8ccc9ccccc9c8)n7)c6c5c4)cccc3C2C=C1. The Morgan fingerprint density at radius 2 is 1.25 bits per heavy atom. The second-order valence-corrected chi connectivity index (χ2v) is 12.3. The van der Waals surface area contributed by atoms with Crippen molar-refractivity contribution in [2.75, 3.05) is 0 Å². The Morgan fingerprint density at radius 3 is 2.17 bits per heavy atom. The van der Waals surface area contributed by atoms with E-state index in [2.05, 4.69) is 109 Å². The maximum Gasteiger partial charge on any atom is 0.164 e. The molecule has 8 aromatic rings. The Balaban J connectivity index is 1.17. The molecule has 6 aromatic carbocycles. The topological polar surface area (TPSA) is 61.0 Å². The molecular formula is C43H27N3O2. The van der Waals surface area contributed by atoms with Gasteiger partial charge in [0.25, 0.3) is 0 Å². The lowest BCUT2D eigenvalue weighted by Gasteiger charge is -2.14. The molecule has 48 heavy (non-hydrogen) atoms. The molecule has 0 saturated carbocycles. The standard InChI is InChI=1S/C43H27N3O2/c1-2-11-27(12-3-1)41-44-42(30-21-20-26-10-4-5-13-28(26)24-30)46-43(45-41)34-17-9-19-38-39(34)35-25-29(22-23-37(35)47-38)31-15-8-16-33-32-14-6-7-18-36(32)48-40(31)33/h1-25,32,36H. The molecule has 2 unspecified atom stereocenters. The minimum atomic E-state index is 0.0238. The lowest BCUT2D eigenvalue weighted by molar-refractivity contribution is 0.270. The number of fused-ring (bicyclic) bond motifs is 7. The van der Waals surface area contributed by atoms with Crippen LogP contribution < -0.4 is 4.74 Å². The van der Waals surface area contributed by atoms with Gasteiger partial charge in [-0.3, -0.25) is 0 Å². The van der Waals surface area contributed by atoms with Gasteiger partial charge in [0.2, 0.25) is 0 Å². The molecule has 0 saturated heterocycles. The Morgan fingerprint density at radius 1 is 0.500 bits per heavy atom. The molecule has 5 nitrogen and oxygen atoms in total. The predicted molar refractivity (Wildman–Crippen MR) is 192 cm³/mol. The molecular weight excluding hydrogens is 590 g/mol. The van der Waals surface area contributed by atoms with Gasteiger partial charge in [-0.25, -0.2) is 15.0 Å². The zero-order valence-corrected chi connectivity index (χ0v) is 25.7. The predicted octanol–water partition coefficient (Wildman–Crippen LogP) is 10.6. The smallest absolute Gasteiger partial charge is 0.164 e. The minimum Gasteiger partial charge on any atom is -0.484 e. The summed E-state index contributed by atoms with van der Waals surface area (Å²) in [4.78, 5) is 15.2. The second-order valence-electron chi connectivity index (χ2n) is 12.3. The van der Waals surface area contributed by atoms with Gasteiger partial charge < -0.3 is 9.15 Å². The van der Waals surface area contributed by atoms with Crippen LogP contribution in [0.4, 0.5) is 0 Å². The summed E-state index contributed by atoms with van der Waals surface area (Å²) < 4.78 is 13.0. The summed E-state index contributed by atoms with van der Waals surface area (Å²) in [6.45, 7) is 0. The van der Waals surface area contributed by atoms with Crippen molar-refractivity contribution in [3.8, 4) is 51.0 Å². The van der Waals surface area contributed by atoms with Crippen LogP contribution in [0.2, 0.25) is 0 Å². The number of para-hydroxylation sites is 1. The van der Waals surface area contributed by atoms with Crippen molar-refractivity contribution in [3.63, 3.8) is 0 Å². The van der Waals surface area contributed by atoms with Crippen molar-refractivity contribution in [1.82, 2.24) is 15.0 Å². The molecule has 0 fully saturated rings. The van der Waals surface area contributed by atoms with Crippen LogP contribution in [0.15, 0.2) is 156 Å². The molecule has 2 aliphatic rings. The van der Waals surface area contributed by atoms with Gasteiger partial charge in [0.05, 0.1) is 0 Å². The van der Waals surface area contributed by atoms with Crippen LogP contribution in [-0.4, -0.2) is 21.1 Å². The van der Waals surface area contributed by atoms with E-state index in [9.17, 15) is 0 Å². The fourth-order valence-electron chi connectivity index (χ4n) is 7.14. The van der Waals surface area contributed by atoms with E-state index < -0.39 is 0 Å². The highest BCUT2D eigenvalue weighted by atomic mass is 16.5. The van der Waals surface area contributed by atoms with Crippen LogP contribution in [0.5, 0.6) is 5.75 Å². The van der Waals surface area contributed by atoms with Crippen molar-refractivity contribution in [2.24, 2.45) is 0 Å². The highest BCUT2D eigenvalue weighted by molar-refractivity contribution is 6.13. The maximum absolute atomic E-state index is 6.52. The molecule has 0 radical (unpaired) electrons. The summed E-state index contributed by atoms with van der Waals surface area (Å²) in [5, 5.41) is 4.28. The number of hydrogen-bond donors (Lipinski definition) is 0. The average Bonchev–Trinajstić information content (AvgIpc) is 3.73. The molecule has 1 aliphatic heterocycles. The van der Waals surface area contributed by atoms with E-state index in [1.165, 1.54) is 10.9 Å². The van der Waals surface area contributed by atoms with E-state index in [-0.39, 0.29) is 12.0 Å². The summed E-state index contributed by atoms with van der Waals surface area (Å²) in [7, 11) is 0. The fraction of sp³-hybridized carbons (Fsp3) is 0.0465. The number of rotatable bonds is 4. The quantitative estimate of drug-likeness (QED) is 0.197. The number of allylic oxidation sites excluding steroid dienone is 2. The number of nitrogens with zero attached hydrogens (tertiary/aromatic N) is 3.